The van der Waals surface area contributed by atoms with Gasteiger partial charge in [-0.1, -0.05) is 19.9 Å². The van der Waals surface area contributed by atoms with Gasteiger partial charge < -0.3 is 5.73 Å². The molecule has 2 aromatic heterocycles. The van der Waals surface area contributed by atoms with Crippen LogP contribution in [0.25, 0.3) is 16.9 Å². The van der Waals surface area contributed by atoms with Gasteiger partial charge in [0, 0.05) is 12.3 Å². The molecule has 2 N–H and O–H groups in total. The lowest BCUT2D eigenvalue weighted by molar-refractivity contribution is 0.629. The zero-order valence-corrected chi connectivity index (χ0v) is 11.5. The molecule has 104 valence electrons. The number of hydrogen-bond acceptors (Lipinski definition) is 3. The number of nitrogens with zero attached hydrogens (tertiary/aromatic N) is 3. The van der Waals surface area contributed by atoms with E-state index in [0.29, 0.717) is 22.7 Å². The molecule has 0 unspecified atom stereocenters. The first-order valence-corrected chi connectivity index (χ1v) is 6.58. The summed E-state index contributed by atoms with van der Waals surface area (Å²) in [5.74, 6) is 1.04. The minimum atomic E-state index is -0.303. The molecule has 3 aromatic rings. The average Bonchev–Trinajstić information content (AvgIpc) is 2.87. The standard InChI is InChI=1S/C13H11FN4.C2H6/c14-9-4-5-10-11(7-9)18(13(8-15)17-10)12-3-1-2-6-16-12;1-2/h1-7H,8,15H2;1-2H3. The van der Waals surface area contributed by atoms with E-state index >= 15 is 0 Å². The smallest absolute Gasteiger partial charge is 0.138 e. The summed E-state index contributed by atoms with van der Waals surface area (Å²) in [6.07, 6.45) is 1.68. The van der Waals surface area contributed by atoms with Crippen LogP contribution in [0.15, 0.2) is 42.6 Å². The van der Waals surface area contributed by atoms with E-state index in [0.717, 1.165) is 0 Å². The highest BCUT2D eigenvalue weighted by atomic mass is 19.1. The highest BCUT2D eigenvalue weighted by molar-refractivity contribution is 5.78. The van der Waals surface area contributed by atoms with Gasteiger partial charge in [0.15, 0.2) is 0 Å². The van der Waals surface area contributed by atoms with Gasteiger partial charge in [0.05, 0.1) is 17.6 Å². The van der Waals surface area contributed by atoms with Crippen LogP contribution < -0.4 is 5.73 Å². The molecule has 5 heteroatoms. The van der Waals surface area contributed by atoms with Crippen LogP contribution in [0, 0.1) is 5.82 Å². The maximum Gasteiger partial charge on any atom is 0.138 e. The highest BCUT2D eigenvalue weighted by Gasteiger charge is 2.12. The van der Waals surface area contributed by atoms with Gasteiger partial charge in [-0.15, -0.1) is 0 Å². The predicted octanol–water partition coefficient (Wildman–Crippen LogP) is 3.04. The van der Waals surface area contributed by atoms with Crippen molar-refractivity contribution < 1.29 is 4.39 Å². The van der Waals surface area contributed by atoms with Gasteiger partial charge in [0.1, 0.15) is 17.5 Å². The number of pyridine rings is 1. The Hall–Kier alpha value is -2.27. The van der Waals surface area contributed by atoms with Gasteiger partial charge in [-0.2, -0.15) is 0 Å². The lowest BCUT2D eigenvalue weighted by Gasteiger charge is -2.06. The molecule has 0 aliphatic rings. The van der Waals surface area contributed by atoms with Gasteiger partial charge in [-0.3, -0.25) is 4.57 Å². The van der Waals surface area contributed by atoms with E-state index in [2.05, 4.69) is 9.97 Å². The van der Waals surface area contributed by atoms with E-state index in [9.17, 15) is 4.39 Å². The number of hydrogen-bond donors (Lipinski definition) is 1. The Kier molecular flexibility index (Phi) is 4.42. The first kappa shape index (κ1) is 14.1. The van der Waals surface area contributed by atoms with Gasteiger partial charge >= 0.3 is 0 Å². The summed E-state index contributed by atoms with van der Waals surface area (Å²) in [5.41, 5.74) is 7.07. The van der Waals surface area contributed by atoms with E-state index in [-0.39, 0.29) is 12.4 Å². The SMILES string of the molecule is CC.NCc1nc2ccc(F)cc2n1-c1ccccn1. The Bertz CT molecular complexity index is 692. The molecule has 1 aromatic carbocycles. The molecule has 3 rings (SSSR count). The van der Waals surface area contributed by atoms with Crippen LogP contribution in [0.4, 0.5) is 4.39 Å². The molecule has 0 fully saturated rings. The van der Waals surface area contributed by atoms with Crippen LogP contribution in [0.5, 0.6) is 0 Å². The second-order valence-electron chi connectivity index (χ2n) is 3.89. The summed E-state index contributed by atoms with van der Waals surface area (Å²) in [5, 5.41) is 0. The highest BCUT2D eigenvalue weighted by Crippen LogP contribution is 2.20. The fourth-order valence-corrected chi connectivity index (χ4v) is 1.98. The van der Waals surface area contributed by atoms with Gasteiger partial charge in [0.25, 0.3) is 0 Å². The fourth-order valence-electron chi connectivity index (χ4n) is 1.98. The summed E-state index contributed by atoms with van der Waals surface area (Å²) in [6.45, 7) is 4.27. The summed E-state index contributed by atoms with van der Waals surface area (Å²) >= 11 is 0. The van der Waals surface area contributed by atoms with Crippen LogP contribution in [0.2, 0.25) is 0 Å². The number of imidazole rings is 1. The molecule has 0 bridgehead atoms. The second kappa shape index (κ2) is 6.25. The maximum absolute atomic E-state index is 13.4. The molecule has 20 heavy (non-hydrogen) atoms. The Morgan fingerprint density at radius 2 is 2.00 bits per heavy atom. The summed E-state index contributed by atoms with van der Waals surface area (Å²) in [6, 6.07) is 10.0. The van der Waals surface area contributed by atoms with Crippen LogP contribution in [-0.2, 0) is 6.54 Å². The van der Waals surface area contributed by atoms with E-state index < -0.39 is 0 Å². The molecule has 0 saturated heterocycles. The van der Waals surface area contributed by atoms with Crippen LogP contribution in [0.3, 0.4) is 0 Å². The predicted molar refractivity (Wildman–Crippen MR) is 78.1 cm³/mol. The van der Waals surface area contributed by atoms with Crippen LogP contribution in [-0.4, -0.2) is 14.5 Å². The largest absolute Gasteiger partial charge is 0.324 e. The minimum absolute atomic E-state index is 0.271. The van der Waals surface area contributed by atoms with Crippen LogP contribution >= 0.6 is 0 Å². The number of aromatic nitrogens is 3. The van der Waals surface area contributed by atoms with E-state index in [1.807, 2.05) is 32.0 Å². The summed E-state index contributed by atoms with van der Waals surface area (Å²) < 4.78 is 15.1. The Labute approximate surface area is 117 Å². The third kappa shape index (κ3) is 2.53. The normalized spacial score (nSPS) is 10.2. The van der Waals surface area contributed by atoms with Crippen molar-refractivity contribution in [1.29, 1.82) is 0 Å². The van der Waals surface area contributed by atoms with Crippen molar-refractivity contribution in [3.63, 3.8) is 0 Å². The topological polar surface area (TPSA) is 56.7 Å². The molecular weight excluding hydrogens is 255 g/mol. The molecular formula is C15H17FN4. The molecule has 0 aliphatic carbocycles. The first-order valence-electron chi connectivity index (χ1n) is 6.58. The van der Waals surface area contributed by atoms with Crippen molar-refractivity contribution in [2.75, 3.05) is 0 Å². The van der Waals surface area contributed by atoms with Crippen molar-refractivity contribution in [1.82, 2.24) is 14.5 Å². The molecule has 0 atom stereocenters. The summed E-state index contributed by atoms with van der Waals surface area (Å²) in [7, 11) is 0. The third-order valence-electron chi connectivity index (χ3n) is 2.75. The molecule has 0 aliphatic heterocycles. The molecule has 0 amide bonds. The van der Waals surface area contributed by atoms with Crippen LogP contribution in [0.1, 0.15) is 19.7 Å². The van der Waals surface area contributed by atoms with E-state index in [4.69, 9.17) is 5.73 Å². The number of rotatable bonds is 2. The minimum Gasteiger partial charge on any atom is -0.324 e. The zero-order chi connectivity index (χ0) is 14.5. The monoisotopic (exact) mass is 272 g/mol. The summed E-state index contributed by atoms with van der Waals surface area (Å²) in [4.78, 5) is 8.63. The Balaban J connectivity index is 0.000000704. The van der Waals surface area contributed by atoms with E-state index in [1.165, 1.54) is 12.1 Å². The zero-order valence-electron chi connectivity index (χ0n) is 11.5. The van der Waals surface area contributed by atoms with Crippen molar-refractivity contribution in [3.05, 3.63) is 54.2 Å². The first-order chi connectivity index (χ1) is 9.79. The van der Waals surface area contributed by atoms with Gasteiger partial charge in [-0.05, 0) is 24.3 Å². The Morgan fingerprint density at radius 3 is 2.65 bits per heavy atom. The maximum atomic E-state index is 13.4. The fraction of sp³-hybridized carbons (Fsp3) is 0.200. The van der Waals surface area contributed by atoms with E-state index in [1.54, 1.807) is 16.8 Å². The molecule has 0 spiro atoms. The molecule has 0 saturated carbocycles. The molecule has 0 radical (unpaired) electrons. The molecule has 4 nitrogen and oxygen atoms in total. The van der Waals surface area contributed by atoms with Crippen molar-refractivity contribution in [3.8, 4) is 5.82 Å². The average molecular weight is 272 g/mol. The third-order valence-corrected chi connectivity index (χ3v) is 2.75. The number of nitrogens with two attached hydrogens (primary N) is 1. The van der Waals surface area contributed by atoms with Crippen molar-refractivity contribution in [2.45, 2.75) is 20.4 Å². The Morgan fingerprint density at radius 1 is 1.20 bits per heavy atom. The number of benzene rings is 1. The number of halogens is 1. The van der Waals surface area contributed by atoms with Gasteiger partial charge in [0.2, 0.25) is 0 Å². The van der Waals surface area contributed by atoms with Crippen molar-refractivity contribution >= 4 is 11.0 Å². The molecule has 2 heterocycles. The number of fused-ring (bicyclic) bond motifs is 1. The second-order valence-corrected chi connectivity index (χ2v) is 3.89. The lowest BCUT2D eigenvalue weighted by atomic mass is 10.3. The van der Waals surface area contributed by atoms with Gasteiger partial charge in [-0.25, -0.2) is 14.4 Å². The quantitative estimate of drug-likeness (QED) is 0.780. The lowest BCUT2D eigenvalue weighted by Crippen LogP contribution is -2.07. The van der Waals surface area contributed by atoms with Crippen molar-refractivity contribution in [2.24, 2.45) is 5.73 Å².